The van der Waals surface area contributed by atoms with E-state index in [0.29, 0.717) is 0 Å². The summed E-state index contributed by atoms with van der Waals surface area (Å²) in [4.78, 5) is 12.0. The standard InChI is InChI=1S/C16H16F2N2O2/c17-12-6-5-11(7-13(12)18)15(21)9-20-16(22)8-10-3-1-2-4-14(10)19-20/h5-8,15,21H,1-4,9H2. The molecular formula is C16H16F2N2O2. The second-order valence-electron chi connectivity index (χ2n) is 5.53. The van der Waals surface area contributed by atoms with Crippen molar-refractivity contribution in [3.05, 3.63) is 63.1 Å². The van der Waals surface area contributed by atoms with Gasteiger partial charge in [0.15, 0.2) is 11.6 Å². The summed E-state index contributed by atoms with van der Waals surface area (Å²) in [5, 5.41) is 14.4. The van der Waals surface area contributed by atoms with Crippen LogP contribution in [0.1, 0.15) is 35.8 Å². The SMILES string of the molecule is O=c1cc2c(nn1CC(O)c1ccc(F)c(F)c1)CCCC2. The predicted octanol–water partition coefficient (Wildman–Crippen LogP) is 2.13. The molecule has 1 atom stereocenters. The number of aliphatic hydroxyl groups is 1. The molecule has 0 fully saturated rings. The summed E-state index contributed by atoms with van der Waals surface area (Å²) < 4.78 is 27.3. The second-order valence-corrected chi connectivity index (χ2v) is 5.53. The number of rotatable bonds is 3. The Morgan fingerprint density at radius 3 is 2.73 bits per heavy atom. The minimum Gasteiger partial charge on any atom is -0.386 e. The average Bonchev–Trinajstić information content (AvgIpc) is 2.50. The Balaban J connectivity index is 1.86. The van der Waals surface area contributed by atoms with Crippen molar-refractivity contribution in [2.45, 2.75) is 38.3 Å². The predicted molar refractivity (Wildman–Crippen MR) is 76.5 cm³/mol. The minimum absolute atomic E-state index is 0.0861. The lowest BCUT2D eigenvalue weighted by molar-refractivity contribution is 0.148. The summed E-state index contributed by atoms with van der Waals surface area (Å²) in [7, 11) is 0. The van der Waals surface area contributed by atoms with E-state index in [1.807, 2.05) is 0 Å². The zero-order valence-electron chi connectivity index (χ0n) is 11.9. The number of aromatic nitrogens is 2. The maximum atomic E-state index is 13.2. The van der Waals surface area contributed by atoms with Crippen molar-refractivity contribution in [2.75, 3.05) is 0 Å². The topological polar surface area (TPSA) is 55.1 Å². The summed E-state index contributed by atoms with van der Waals surface area (Å²) in [5.74, 6) is -2.00. The van der Waals surface area contributed by atoms with E-state index in [2.05, 4.69) is 5.10 Å². The van der Waals surface area contributed by atoms with Gasteiger partial charge in [0.25, 0.3) is 5.56 Å². The molecule has 1 N–H and O–H groups in total. The fourth-order valence-electron chi connectivity index (χ4n) is 2.72. The first-order valence-electron chi connectivity index (χ1n) is 7.27. The van der Waals surface area contributed by atoms with Crippen LogP contribution in [0.4, 0.5) is 8.78 Å². The molecule has 22 heavy (non-hydrogen) atoms. The Labute approximate surface area is 126 Å². The molecule has 6 heteroatoms. The van der Waals surface area contributed by atoms with Gasteiger partial charge < -0.3 is 5.11 Å². The molecule has 1 heterocycles. The number of halogens is 2. The van der Waals surface area contributed by atoms with E-state index in [-0.39, 0.29) is 17.7 Å². The van der Waals surface area contributed by atoms with Gasteiger partial charge in [-0.25, -0.2) is 13.5 Å². The lowest BCUT2D eigenvalue weighted by Crippen LogP contribution is -2.28. The molecular weight excluding hydrogens is 290 g/mol. The monoisotopic (exact) mass is 306 g/mol. The molecule has 116 valence electrons. The number of fused-ring (bicyclic) bond motifs is 1. The van der Waals surface area contributed by atoms with E-state index < -0.39 is 17.7 Å². The number of benzene rings is 1. The van der Waals surface area contributed by atoms with Gasteiger partial charge in [-0.2, -0.15) is 5.10 Å². The smallest absolute Gasteiger partial charge is 0.267 e. The van der Waals surface area contributed by atoms with Gasteiger partial charge in [0.05, 0.1) is 18.3 Å². The Morgan fingerprint density at radius 1 is 1.18 bits per heavy atom. The molecule has 1 aliphatic carbocycles. The van der Waals surface area contributed by atoms with Crippen molar-refractivity contribution in [3.8, 4) is 0 Å². The van der Waals surface area contributed by atoms with Gasteiger partial charge in [0.1, 0.15) is 0 Å². The van der Waals surface area contributed by atoms with E-state index in [9.17, 15) is 18.7 Å². The molecule has 1 aromatic heterocycles. The van der Waals surface area contributed by atoms with Crippen LogP contribution in [0.15, 0.2) is 29.1 Å². The molecule has 0 amide bonds. The van der Waals surface area contributed by atoms with Crippen molar-refractivity contribution < 1.29 is 13.9 Å². The third-order valence-electron chi connectivity index (χ3n) is 3.95. The zero-order chi connectivity index (χ0) is 15.7. The van der Waals surface area contributed by atoms with Crippen LogP contribution in [0.3, 0.4) is 0 Å². The Morgan fingerprint density at radius 2 is 1.95 bits per heavy atom. The van der Waals surface area contributed by atoms with Crippen LogP contribution in [-0.2, 0) is 19.4 Å². The molecule has 1 unspecified atom stereocenters. The van der Waals surface area contributed by atoms with Crippen molar-refractivity contribution in [2.24, 2.45) is 0 Å². The van der Waals surface area contributed by atoms with Crippen molar-refractivity contribution in [1.82, 2.24) is 9.78 Å². The maximum absolute atomic E-state index is 13.2. The Bertz CT molecular complexity index is 758. The van der Waals surface area contributed by atoms with Gasteiger partial charge in [-0.1, -0.05) is 6.07 Å². The fraction of sp³-hybridized carbons (Fsp3) is 0.375. The number of aryl methyl sites for hydroxylation is 2. The van der Waals surface area contributed by atoms with Crippen molar-refractivity contribution in [1.29, 1.82) is 0 Å². The molecule has 0 aliphatic heterocycles. The first-order chi connectivity index (χ1) is 10.5. The van der Waals surface area contributed by atoms with Crippen LogP contribution in [0.2, 0.25) is 0 Å². The molecule has 4 nitrogen and oxygen atoms in total. The van der Waals surface area contributed by atoms with Crippen LogP contribution in [0.5, 0.6) is 0 Å². The van der Waals surface area contributed by atoms with E-state index >= 15 is 0 Å². The lowest BCUT2D eigenvalue weighted by atomic mass is 9.97. The first kappa shape index (κ1) is 14.8. The average molecular weight is 306 g/mol. The van der Waals surface area contributed by atoms with Gasteiger partial charge in [0.2, 0.25) is 0 Å². The molecule has 0 saturated carbocycles. The van der Waals surface area contributed by atoms with E-state index in [4.69, 9.17) is 0 Å². The first-order valence-corrected chi connectivity index (χ1v) is 7.27. The summed E-state index contributed by atoms with van der Waals surface area (Å²) in [6, 6.07) is 4.74. The van der Waals surface area contributed by atoms with E-state index in [0.717, 1.165) is 49.1 Å². The van der Waals surface area contributed by atoms with E-state index in [1.54, 1.807) is 6.07 Å². The molecule has 3 rings (SSSR count). The molecule has 0 spiro atoms. The van der Waals surface area contributed by atoms with E-state index in [1.165, 1.54) is 10.7 Å². The summed E-state index contributed by atoms with van der Waals surface area (Å²) in [5.41, 5.74) is 1.77. The van der Waals surface area contributed by atoms with Crippen LogP contribution >= 0.6 is 0 Å². The molecule has 0 bridgehead atoms. The third-order valence-corrected chi connectivity index (χ3v) is 3.95. The minimum atomic E-state index is -1.12. The van der Waals surface area contributed by atoms with Crippen LogP contribution < -0.4 is 5.56 Å². The van der Waals surface area contributed by atoms with Crippen molar-refractivity contribution in [3.63, 3.8) is 0 Å². The number of hydrogen-bond acceptors (Lipinski definition) is 3. The summed E-state index contributed by atoms with van der Waals surface area (Å²) in [6.45, 7) is -0.0861. The van der Waals surface area contributed by atoms with Crippen LogP contribution in [-0.4, -0.2) is 14.9 Å². The van der Waals surface area contributed by atoms with Gasteiger partial charge >= 0.3 is 0 Å². The third kappa shape index (κ3) is 2.92. The van der Waals surface area contributed by atoms with Gasteiger partial charge in [-0.05, 0) is 48.9 Å². The van der Waals surface area contributed by atoms with Crippen LogP contribution in [0, 0.1) is 11.6 Å². The summed E-state index contributed by atoms with van der Waals surface area (Å²) >= 11 is 0. The highest BCUT2D eigenvalue weighted by Gasteiger charge is 2.16. The number of aliphatic hydroxyl groups excluding tert-OH is 1. The maximum Gasteiger partial charge on any atom is 0.267 e. The second kappa shape index (κ2) is 5.96. The van der Waals surface area contributed by atoms with Crippen molar-refractivity contribution >= 4 is 0 Å². The molecule has 1 aliphatic rings. The Hall–Kier alpha value is -2.08. The fourth-order valence-corrected chi connectivity index (χ4v) is 2.72. The molecule has 2 aromatic rings. The zero-order valence-corrected chi connectivity index (χ0v) is 11.9. The largest absolute Gasteiger partial charge is 0.386 e. The summed E-state index contributed by atoms with van der Waals surface area (Å²) in [6.07, 6.45) is 2.63. The Kier molecular flexibility index (Phi) is 4.02. The molecule has 1 aromatic carbocycles. The molecule has 0 radical (unpaired) electrons. The normalized spacial score (nSPS) is 15.4. The number of nitrogens with zero attached hydrogens (tertiary/aromatic N) is 2. The van der Waals surface area contributed by atoms with Gasteiger partial charge in [0, 0.05) is 6.07 Å². The quantitative estimate of drug-likeness (QED) is 0.945. The van der Waals surface area contributed by atoms with Gasteiger partial charge in [-0.15, -0.1) is 0 Å². The van der Waals surface area contributed by atoms with Crippen LogP contribution in [0.25, 0.3) is 0 Å². The number of hydrogen-bond donors (Lipinski definition) is 1. The lowest BCUT2D eigenvalue weighted by Gasteiger charge is -2.17. The highest BCUT2D eigenvalue weighted by atomic mass is 19.2. The highest BCUT2D eigenvalue weighted by Crippen LogP contribution is 2.19. The molecule has 0 saturated heterocycles. The van der Waals surface area contributed by atoms with Gasteiger partial charge in [-0.3, -0.25) is 4.79 Å². The highest BCUT2D eigenvalue weighted by molar-refractivity contribution is 5.22.